The zero-order valence-electron chi connectivity index (χ0n) is 16.7. The highest BCUT2D eigenvalue weighted by atomic mass is 16.7. The molecule has 1 radical (unpaired) electrons. The van der Waals surface area contributed by atoms with E-state index in [9.17, 15) is 5.21 Å². The molecule has 2 aliphatic heterocycles. The van der Waals surface area contributed by atoms with Gasteiger partial charge >= 0.3 is 0 Å². The van der Waals surface area contributed by atoms with Crippen LogP contribution in [0.1, 0.15) is 85.5 Å². The van der Waals surface area contributed by atoms with Crippen LogP contribution in [0.25, 0.3) is 0 Å². The summed E-state index contributed by atoms with van der Waals surface area (Å²) in [5.41, 5.74) is -0.579. The lowest BCUT2D eigenvalue weighted by Gasteiger charge is -2.54. The van der Waals surface area contributed by atoms with Crippen LogP contribution in [0, 0.1) is 0 Å². The molecule has 0 N–H and O–H groups in total. The van der Waals surface area contributed by atoms with E-state index in [2.05, 4.69) is 27.7 Å². The van der Waals surface area contributed by atoms with Gasteiger partial charge in [0.05, 0.1) is 30.4 Å². The Morgan fingerprint density at radius 1 is 0.920 bits per heavy atom. The normalized spacial score (nSPS) is 27.5. The molecule has 2 fully saturated rings. The summed E-state index contributed by atoms with van der Waals surface area (Å²) < 4.78 is 17.6. The summed E-state index contributed by atoms with van der Waals surface area (Å²) in [5.74, 6) is 0. The first-order chi connectivity index (χ1) is 12.1. The molecule has 2 aliphatic rings. The fourth-order valence-electron chi connectivity index (χ4n) is 4.60. The molecule has 5 heteroatoms. The van der Waals surface area contributed by atoms with Gasteiger partial charge in [-0.2, -0.15) is 0 Å². The van der Waals surface area contributed by atoms with E-state index >= 15 is 0 Å². The van der Waals surface area contributed by atoms with Crippen molar-refractivity contribution in [2.75, 3.05) is 19.8 Å². The summed E-state index contributed by atoms with van der Waals surface area (Å²) in [6, 6.07) is 0. The molecule has 0 amide bonds. The van der Waals surface area contributed by atoms with Gasteiger partial charge in [-0.05, 0) is 57.8 Å². The Balaban J connectivity index is 1.90. The van der Waals surface area contributed by atoms with E-state index in [0.29, 0.717) is 13.2 Å². The van der Waals surface area contributed by atoms with Gasteiger partial charge in [-0.25, -0.2) is 0 Å². The van der Waals surface area contributed by atoms with Crippen LogP contribution in [0.5, 0.6) is 0 Å². The predicted octanol–water partition coefficient (Wildman–Crippen LogP) is 4.47. The molecular formula is C20H38NO4. The summed E-state index contributed by atoms with van der Waals surface area (Å²) in [4.78, 5) is 0. The Bertz CT molecular complexity index is 354. The third-order valence-corrected chi connectivity index (χ3v) is 6.59. The van der Waals surface area contributed by atoms with Crippen molar-refractivity contribution in [2.24, 2.45) is 0 Å². The molecular weight excluding hydrogens is 318 g/mol. The Kier molecular flexibility index (Phi) is 8.15. The third-order valence-electron chi connectivity index (χ3n) is 6.59. The van der Waals surface area contributed by atoms with E-state index in [1.807, 2.05) is 0 Å². The molecule has 0 spiro atoms. The summed E-state index contributed by atoms with van der Waals surface area (Å²) in [5, 5.41) is 14.6. The maximum absolute atomic E-state index is 13.2. The number of piperidine rings is 1. The van der Waals surface area contributed by atoms with Crippen LogP contribution in [0.2, 0.25) is 0 Å². The average molecular weight is 357 g/mol. The molecule has 0 bridgehead atoms. The highest BCUT2D eigenvalue weighted by Gasteiger charge is 2.52. The molecule has 0 aromatic heterocycles. The maximum Gasteiger partial charge on any atom is 0.157 e. The largest absolute Gasteiger partial charge is 0.376 e. The van der Waals surface area contributed by atoms with Gasteiger partial charge in [0, 0.05) is 6.61 Å². The summed E-state index contributed by atoms with van der Waals surface area (Å²) in [6.45, 7) is 10.5. The second kappa shape index (κ2) is 9.65. The SMILES string of the molecule is CCC1(CC)CC(OCCOC2CCCCO2)CC(CC)(CC)N1[O]. The van der Waals surface area contributed by atoms with Gasteiger partial charge in [0.1, 0.15) is 0 Å². The summed E-state index contributed by atoms with van der Waals surface area (Å²) in [6.07, 6.45) is 8.53. The number of hydrogen-bond donors (Lipinski definition) is 0. The average Bonchev–Trinajstić information content (AvgIpc) is 2.67. The van der Waals surface area contributed by atoms with E-state index in [0.717, 1.165) is 58.0 Å². The Hall–Kier alpha value is -0.200. The van der Waals surface area contributed by atoms with E-state index in [4.69, 9.17) is 14.2 Å². The standard InChI is InChI=1S/C20H38NO4/c1-5-19(6-2)15-17(16-20(7-3,8-4)21(19)22)23-13-14-25-18-11-9-10-12-24-18/h17-18H,5-16H2,1-4H3. The lowest BCUT2D eigenvalue weighted by atomic mass is 9.72. The Labute approximate surface area is 154 Å². The molecule has 2 rings (SSSR count). The van der Waals surface area contributed by atoms with Crippen LogP contribution >= 0.6 is 0 Å². The van der Waals surface area contributed by atoms with Gasteiger partial charge in [0.2, 0.25) is 0 Å². The molecule has 0 aromatic carbocycles. The molecule has 1 atom stereocenters. The maximum atomic E-state index is 13.2. The smallest absolute Gasteiger partial charge is 0.157 e. The van der Waals surface area contributed by atoms with Gasteiger partial charge in [0.25, 0.3) is 0 Å². The van der Waals surface area contributed by atoms with Crippen molar-refractivity contribution >= 4 is 0 Å². The fraction of sp³-hybridized carbons (Fsp3) is 1.00. The van der Waals surface area contributed by atoms with Gasteiger partial charge < -0.3 is 14.2 Å². The van der Waals surface area contributed by atoms with Crippen LogP contribution in [0.15, 0.2) is 0 Å². The molecule has 2 saturated heterocycles. The van der Waals surface area contributed by atoms with Crippen molar-refractivity contribution in [3.05, 3.63) is 0 Å². The minimum Gasteiger partial charge on any atom is -0.376 e. The van der Waals surface area contributed by atoms with E-state index in [-0.39, 0.29) is 23.5 Å². The van der Waals surface area contributed by atoms with Gasteiger partial charge in [-0.15, -0.1) is 10.3 Å². The Morgan fingerprint density at radius 3 is 1.96 bits per heavy atom. The van der Waals surface area contributed by atoms with E-state index < -0.39 is 0 Å². The van der Waals surface area contributed by atoms with Crippen molar-refractivity contribution in [1.29, 1.82) is 0 Å². The van der Waals surface area contributed by atoms with Gasteiger partial charge in [-0.1, -0.05) is 27.7 Å². The lowest BCUT2D eigenvalue weighted by Crippen LogP contribution is -2.64. The van der Waals surface area contributed by atoms with Gasteiger partial charge in [0.15, 0.2) is 6.29 Å². The minimum absolute atomic E-state index is 0.0587. The van der Waals surface area contributed by atoms with Crippen molar-refractivity contribution in [3.63, 3.8) is 0 Å². The second-order valence-electron chi connectivity index (χ2n) is 7.73. The zero-order chi connectivity index (χ0) is 18.3. The van der Waals surface area contributed by atoms with Crippen LogP contribution in [0.3, 0.4) is 0 Å². The number of hydrogen-bond acceptors (Lipinski definition) is 4. The van der Waals surface area contributed by atoms with Crippen LogP contribution in [-0.2, 0) is 19.4 Å². The highest BCUT2D eigenvalue weighted by Crippen LogP contribution is 2.45. The first kappa shape index (κ1) is 21.1. The summed E-state index contributed by atoms with van der Waals surface area (Å²) in [7, 11) is 0. The summed E-state index contributed by atoms with van der Waals surface area (Å²) >= 11 is 0. The number of hydroxylamine groups is 2. The molecule has 1 unspecified atom stereocenters. The number of ether oxygens (including phenoxy) is 3. The molecule has 0 aliphatic carbocycles. The monoisotopic (exact) mass is 356 g/mol. The minimum atomic E-state index is -0.289. The molecule has 2 heterocycles. The third kappa shape index (κ3) is 4.75. The molecule has 25 heavy (non-hydrogen) atoms. The van der Waals surface area contributed by atoms with Crippen molar-refractivity contribution in [2.45, 2.75) is 109 Å². The van der Waals surface area contributed by atoms with E-state index in [1.165, 1.54) is 11.5 Å². The second-order valence-corrected chi connectivity index (χ2v) is 7.73. The highest BCUT2D eigenvalue weighted by molar-refractivity contribution is 5.03. The Morgan fingerprint density at radius 2 is 1.48 bits per heavy atom. The predicted molar refractivity (Wildman–Crippen MR) is 97.7 cm³/mol. The first-order valence-corrected chi connectivity index (χ1v) is 10.4. The molecule has 0 aromatic rings. The van der Waals surface area contributed by atoms with Crippen molar-refractivity contribution < 1.29 is 19.4 Å². The topological polar surface area (TPSA) is 50.8 Å². The first-order valence-electron chi connectivity index (χ1n) is 10.4. The quantitative estimate of drug-likeness (QED) is 0.572. The van der Waals surface area contributed by atoms with Gasteiger partial charge in [-0.3, -0.25) is 0 Å². The van der Waals surface area contributed by atoms with Crippen molar-refractivity contribution in [3.8, 4) is 0 Å². The van der Waals surface area contributed by atoms with Crippen LogP contribution in [-0.4, -0.2) is 48.4 Å². The molecule has 0 saturated carbocycles. The van der Waals surface area contributed by atoms with Crippen molar-refractivity contribution in [1.82, 2.24) is 5.06 Å². The molecule has 147 valence electrons. The molecule has 5 nitrogen and oxygen atoms in total. The lowest BCUT2D eigenvalue weighted by molar-refractivity contribution is -0.322. The zero-order valence-corrected chi connectivity index (χ0v) is 16.7. The van der Waals surface area contributed by atoms with Crippen LogP contribution in [0.4, 0.5) is 0 Å². The van der Waals surface area contributed by atoms with Crippen LogP contribution < -0.4 is 0 Å². The fourth-order valence-corrected chi connectivity index (χ4v) is 4.60. The number of nitrogens with zero attached hydrogens (tertiary/aromatic N) is 1. The van der Waals surface area contributed by atoms with E-state index in [1.54, 1.807) is 0 Å². The number of rotatable bonds is 9.